The summed E-state index contributed by atoms with van der Waals surface area (Å²) in [5, 5.41) is 4.49. The third-order valence-electron chi connectivity index (χ3n) is 5.54. The Morgan fingerprint density at radius 3 is 2.86 bits per heavy atom. The predicted molar refractivity (Wildman–Crippen MR) is 109 cm³/mol. The Labute approximate surface area is 168 Å². The lowest BCUT2D eigenvalue weighted by Crippen LogP contribution is -2.41. The number of fused-ring (bicyclic) bond motifs is 1. The molecule has 4 aromatic rings. The topological polar surface area (TPSA) is 68.3 Å². The molecule has 29 heavy (non-hydrogen) atoms. The number of nitrogens with zero attached hydrogens (tertiary/aromatic N) is 6. The van der Waals surface area contributed by atoms with Crippen molar-refractivity contribution < 1.29 is 4.79 Å². The van der Waals surface area contributed by atoms with Gasteiger partial charge in [-0.3, -0.25) is 4.79 Å². The molecule has 7 heteroatoms. The van der Waals surface area contributed by atoms with Crippen LogP contribution < -0.4 is 0 Å². The maximum absolute atomic E-state index is 13.3. The summed E-state index contributed by atoms with van der Waals surface area (Å²) in [6, 6.07) is 11.9. The second kappa shape index (κ2) is 7.50. The molecule has 0 radical (unpaired) electrons. The average Bonchev–Trinajstić information content (AvgIpc) is 3.44. The molecule has 1 atom stereocenters. The number of hydrogen-bond donors (Lipinski definition) is 0. The van der Waals surface area contributed by atoms with Gasteiger partial charge in [0.2, 0.25) is 0 Å². The minimum atomic E-state index is 0.00745. The molecule has 0 bridgehead atoms. The van der Waals surface area contributed by atoms with Gasteiger partial charge in [0.1, 0.15) is 5.56 Å². The first-order valence-corrected chi connectivity index (χ1v) is 9.93. The lowest BCUT2D eigenvalue weighted by Gasteiger charge is -2.32. The minimum Gasteiger partial charge on any atom is -0.338 e. The summed E-state index contributed by atoms with van der Waals surface area (Å²) in [5.74, 6) is 0.435. The number of amides is 1. The summed E-state index contributed by atoms with van der Waals surface area (Å²) >= 11 is 0. The van der Waals surface area contributed by atoms with Gasteiger partial charge in [0.05, 0.1) is 18.2 Å². The summed E-state index contributed by atoms with van der Waals surface area (Å²) in [5.41, 5.74) is 3.13. The Morgan fingerprint density at radius 1 is 1.14 bits per heavy atom. The summed E-state index contributed by atoms with van der Waals surface area (Å²) in [7, 11) is 0. The molecule has 3 aromatic heterocycles. The lowest BCUT2D eigenvalue weighted by molar-refractivity contribution is 0.0664. The van der Waals surface area contributed by atoms with E-state index in [4.69, 9.17) is 0 Å². The molecule has 0 spiro atoms. The second-order valence-corrected chi connectivity index (χ2v) is 7.51. The van der Waals surface area contributed by atoms with Crippen LogP contribution in [0.25, 0.3) is 16.9 Å². The number of likely N-dealkylation sites (tertiary alicyclic amines) is 1. The van der Waals surface area contributed by atoms with Crippen molar-refractivity contribution in [2.45, 2.75) is 19.4 Å². The number of piperidine rings is 1. The van der Waals surface area contributed by atoms with Crippen molar-refractivity contribution in [1.82, 2.24) is 29.0 Å². The van der Waals surface area contributed by atoms with Crippen molar-refractivity contribution in [2.24, 2.45) is 5.92 Å². The van der Waals surface area contributed by atoms with Gasteiger partial charge in [-0.15, -0.1) is 0 Å². The monoisotopic (exact) mass is 386 g/mol. The number of carbonyl (C=O) groups excluding carboxylic acids is 1. The highest BCUT2D eigenvalue weighted by Gasteiger charge is 2.27. The zero-order valence-electron chi connectivity index (χ0n) is 16.1. The first kappa shape index (κ1) is 17.6. The molecule has 1 aliphatic heterocycles. The molecule has 1 unspecified atom stereocenters. The molecule has 0 N–H and O–H groups in total. The zero-order chi connectivity index (χ0) is 19.6. The van der Waals surface area contributed by atoms with E-state index in [1.165, 1.54) is 0 Å². The van der Waals surface area contributed by atoms with Crippen molar-refractivity contribution in [2.75, 3.05) is 13.1 Å². The molecular weight excluding hydrogens is 364 g/mol. The second-order valence-electron chi connectivity index (χ2n) is 7.51. The van der Waals surface area contributed by atoms with Crippen molar-refractivity contribution in [3.63, 3.8) is 0 Å². The number of carbonyl (C=O) groups is 1. The summed E-state index contributed by atoms with van der Waals surface area (Å²) in [4.78, 5) is 23.8. The van der Waals surface area contributed by atoms with Crippen LogP contribution in [0.3, 0.4) is 0 Å². The predicted octanol–water partition coefficient (Wildman–Crippen LogP) is 3.15. The van der Waals surface area contributed by atoms with Crippen molar-refractivity contribution in [3.05, 3.63) is 73.1 Å². The van der Waals surface area contributed by atoms with Gasteiger partial charge in [-0.05, 0) is 24.8 Å². The van der Waals surface area contributed by atoms with Crippen molar-refractivity contribution >= 4 is 11.6 Å². The highest BCUT2D eigenvalue weighted by atomic mass is 16.2. The first-order chi connectivity index (χ1) is 14.3. The number of aromatic nitrogens is 5. The van der Waals surface area contributed by atoms with E-state index in [9.17, 15) is 4.79 Å². The van der Waals surface area contributed by atoms with Gasteiger partial charge >= 0.3 is 0 Å². The fraction of sp³-hybridized carbons (Fsp3) is 0.273. The van der Waals surface area contributed by atoms with Gasteiger partial charge in [-0.25, -0.2) is 14.5 Å². The molecule has 1 amide bonds. The summed E-state index contributed by atoms with van der Waals surface area (Å²) in [6.07, 6.45) is 11.1. The lowest BCUT2D eigenvalue weighted by atomic mass is 9.97. The highest BCUT2D eigenvalue weighted by Crippen LogP contribution is 2.24. The quantitative estimate of drug-likeness (QED) is 0.540. The highest BCUT2D eigenvalue weighted by molar-refractivity contribution is 6.00. The minimum absolute atomic E-state index is 0.00745. The van der Waals surface area contributed by atoms with E-state index in [2.05, 4.69) is 19.6 Å². The van der Waals surface area contributed by atoms with Crippen molar-refractivity contribution in [3.8, 4) is 11.3 Å². The third kappa shape index (κ3) is 3.40. The van der Waals surface area contributed by atoms with Crippen LogP contribution in [0.5, 0.6) is 0 Å². The van der Waals surface area contributed by atoms with Crippen LogP contribution in [-0.2, 0) is 6.54 Å². The van der Waals surface area contributed by atoms with Crippen LogP contribution >= 0.6 is 0 Å². The molecular formula is C22H22N6O. The fourth-order valence-corrected chi connectivity index (χ4v) is 4.13. The molecule has 7 nitrogen and oxygen atoms in total. The van der Waals surface area contributed by atoms with Crippen LogP contribution in [0.2, 0.25) is 0 Å². The molecule has 1 fully saturated rings. The standard InChI is InChI=1S/C22H22N6O/c29-22(27-11-4-5-17(15-27)14-26-12-10-23-16-26)19-13-25-28-20(8-9-24-21(19)28)18-6-2-1-3-7-18/h1-3,6-10,12-13,16-17H,4-5,11,14-15H2. The van der Waals surface area contributed by atoms with E-state index >= 15 is 0 Å². The molecule has 1 aliphatic rings. The largest absolute Gasteiger partial charge is 0.338 e. The van der Waals surface area contributed by atoms with Gasteiger partial charge < -0.3 is 9.47 Å². The maximum atomic E-state index is 13.3. The Hall–Kier alpha value is -3.48. The number of rotatable bonds is 4. The van der Waals surface area contributed by atoms with Gasteiger partial charge in [-0.1, -0.05) is 30.3 Å². The van der Waals surface area contributed by atoms with E-state index in [0.717, 1.165) is 43.7 Å². The molecule has 0 saturated carbocycles. The number of benzene rings is 1. The van der Waals surface area contributed by atoms with E-state index in [1.54, 1.807) is 23.1 Å². The fourth-order valence-electron chi connectivity index (χ4n) is 4.13. The number of imidazole rings is 1. The van der Waals surface area contributed by atoms with Crippen LogP contribution in [0, 0.1) is 5.92 Å². The van der Waals surface area contributed by atoms with Crippen LogP contribution in [0.15, 0.2) is 67.5 Å². The zero-order valence-corrected chi connectivity index (χ0v) is 16.1. The number of hydrogen-bond acceptors (Lipinski definition) is 4. The van der Waals surface area contributed by atoms with Gasteiger partial charge in [0, 0.05) is 43.8 Å². The maximum Gasteiger partial charge on any atom is 0.259 e. The Morgan fingerprint density at radius 2 is 2.03 bits per heavy atom. The molecule has 0 aliphatic carbocycles. The van der Waals surface area contributed by atoms with E-state index in [1.807, 2.05) is 53.8 Å². The van der Waals surface area contributed by atoms with Gasteiger partial charge in [0.15, 0.2) is 5.65 Å². The summed E-state index contributed by atoms with van der Waals surface area (Å²) < 4.78 is 3.84. The van der Waals surface area contributed by atoms with Gasteiger partial charge in [0.25, 0.3) is 5.91 Å². The first-order valence-electron chi connectivity index (χ1n) is 9.93. The molecule has 5 rings (SSSR count). The third-order valence-corrected chi connectivity index (χ3v) is 5.54. The SMILES string of the molecule is O=C(c1cnn2c(-c3ccccc3)ccnc12)N1CCCC(Cn2ccnc2)C1. The van der Waals surface area contributed by atoms with Crippen LogP contribution in [0.4, 0.5) is 0 Å². The van der Waals surface area contributed by atoms with E-state index in [0.29, 0.717) is 17.1 Å². The van der Waals surface area contributed by atoms with E-state index < -0.39 is 0 Å². The van der Waals surface area contributed by atoms with Crippen LogP contribution in [-0.4, -0.2) is 48.0 Å². The average molecular weight is 386 g/mol. The smallest absolute Gasteiger partial charge is 0.259 e. The molecule has 4 heterocycles. The van der Waals surface area contributed by atoms with Crippen LogP contribution in [0.1, 0.15) is 23.2 Å². The van der Waals surface area contributed by atoms with Crippen molar-refractivity contribution in [1.29, 1.82) is 0 Å². The Bertz CT molecular complexity index is 1120. The van der Waals surface area contributed by atoms with Gasteiger partial charge in [-0.2, -0.15) is 5.10 Å². The van der Waals surface area contributed by atoms with E-state index in [-0.39, 0.29) is 5.91 Å². The normalized spacial score (nSPS) is 17.0. The Kier molecular flexibility index (Phi) is 4.56. The molecule has 1 saturated heterocycles. The molecule has 1 aromatic carbocycles. The molecule has 146 valence electrons. The Balaban J connectivity index is 1.41. The summed E-state index contributed by atoms with van der Waals surface area (Å²) in [6.45, 7) is 2.40.